The van der Waals surface area contributed by atoms with Crippen LogP contribution >= 0.6 is 11.8 Å². The molecule has 1 aromatic carbocycles. The van der Waals surface area contributed by atoms with Gasteiger partial charge in [-0.05, 0) is 50.2 Å². The first-order valence-corrected chi connectivity index (χ1v) is 8.79. The molecule has 0 saturated heterocycles. The zero-order valence-electron chi connectivity index (χ0n) is 13.1. The molecule has 0 radical (unpaired) electrons. The lowest BCUT2D eigenvalue weighted by atomic mass is 9.81. The maximum absolute atomic E-state index is 10.6. The van der Waals surface area contributed by atoms with Crippen molar-refractivity contribution in [2.45, 2.75) is 50.4 Å². The minimum Gasteiger partial charge on any atom is -0.411 e. The first-order chi connectivity index (χ1) is 10.6. The van der Waals surface area contributed by atoms with Gasteiger partial charge < -0.3 is 9.52 Å². The topological polar surface area (TPSA) is 59.2 Å². The Bertz CT molecular complexity index is 633. The summed E-state index contributed by atoms with van der Waals surface area (Å²) in [6.45, 7) is 4.28. The fraction of sp³-hybridized carbons (Fsp3) is 0.529. The third-order valence-corrected chi connectivity index (χ3v) is 5.54. The zero-order valence-corrected chi connectivity index (χ0v) is 13.9. The summed E-state index contributed by atoms with van der Waals surface area (Å²) in [7, 11) is 0. The lowest BCUT2D eigenvalue weighted by Gasteiger charge is -2.34. The Hall–Kier alpha value is -1.33. The smallest absolute Gasteiger partial charge is 0.276 e. The molecule has 0 spiro atoms. The number of rotatable bonds is 4. The summed E-state index contributed by atoms with van der Waals surface area (Å²) in [5.41, 5.74) is 1.49. The Morgan fingerprint density at radius 2 is 2.00 bits per heavy atom. The van der Waals surface area contributed by atoms with Crippen LogP contribution < -0.4 is 0 Å². The molecule has 0 unspecified atom stereocenters. The van der Waals surface area contributed by atoms with E-state index in [4.69, 9.17) is 4.42 Å². The number of aromatic nitrogens is 2. The average molecular weight is 318 g/mol. The van der Waals surface area contributed by atoms with Crippen molar-refractivity contribution >= 4 is 11.8 Å². The van der Waals surface area contributed by atoms with E-state index < -0.39 is 5.60 Å². The number of thioether (sulfide) groups is 1. The first kappa shape index (κ1) is 15.6. The summed E-state index contributed by atoms with van der Waals surface area (Å²) < 4.78 is 5.74. The summed E-state index contributed by atoms with van der Waals surface area (Å²) in [5.74, 6) is 1.89. The van der Waals surface area contributed by atoms with Gasteiger partial charge >= 0.3 is 0 Å². The van der Waals surface area contributed by atoms with Gasteiger partial charge in [0, 0.05) is 11.3 Å². The summed E-state index contributed by atoms with van der Waals surface area (Å²) in [6.07, 6.45) is 3.91. The molecule has 1 heterocycles. The second-order valence-electron chi connectivity index (χ2n) is 6.38. The normalized spacial score (nSPS) is 25.3. The standard InChI is InChI=1S/C17H22N2O2S/c1-12-7-9-17(20,10-8-12)11-22-16-19-18-15(21-16)14-6-4-3-5-13(14)2/h3-6,12,20H,7-11H2,1-2H3. The van der Waals surface area contributed by atoms with Crippen LogP contribution in [-0.2, 0) is 0 Å². The van der Waals surface area contributed by atoms with E-state index in [0.717, 1.165) is 42.7 Å². The number of nitrogens with zero attached hydrogens (tertiary/aromatic N) is 2. The zero-order chi connectivity index (χ0) is 15.6. The van der Waals surface area contributed by atoms with Gasteiger partial charge in [0.05, 0.1) is 5.60 Å². The molecule has 1 aliphatic carbocycles. The van der Waals surface area contributed by atoms with Crippen molar-refractivity contribution in [2.75, 3.05) is 5.75 Å². The fourth-order valence-corrected chi connectivity index (χ4v) is 3.75. The Balaban J connectivity index is 1.64. The lowest BCUT2D eigenvalue weighted by molar-refractivity contribution is 0.0149. The van der Waals surface area contributed by atoms with Crippen LogP contribution in [0.1, 0.15) is 38.2 Å². The maximum atomic E-state index is 10.6. The Labute approximate surface area is 135 Å². The highest BCUT2D eigenvalue weighted by atomic mass is 32.2. The van der Waals surface area contributed by atoms with Crippen LogP contribution in [0.4, 0.5) is 0 Å². The molecular formula is C17H22N2O2S. The van der Waals surface area contributed by atoms with Crippen LogP contribution in [0, 0.1) is 12.8 Å². The molecule has 4 nitrogen and oxygen atoms in total. The van der Waals surface area contributed by atoms with Crippen molar-refractivity contribution in [2.24, 2.45) is 5.92 Å². The third kappa shape index (κ3) is 3.52. The van der Waals surface area contributed by atoms with Gasteiger partial charge in [-0.25, -0.2) is 0 Å². The molecule has 0 atom stereocenters. The largest absolute Gasteiger partial charge is 0.411 e. The molecule has 1 N–H and O–H groups in total. The van der Waals surface area contributed by atoms with E-state index in [9.17, 15) is 5.11 Å². The molecule has 0 amide bonds. The van der Waals surface area contributed by atoms with Gasteiger partial charge in [0.1, 0.15) is 0 Å². The van der Waals surface area contributed by atoms with Crippen LogP contribution in [-0.4, -0.2) is 26.7 Å². The van der Waals surface area contributed by atoms with Crippen molar-refractivity contribution in [3.63, 3.8) is 0 Å². The molecule has 1 aromatic heterocycles. The van der Waals surface area contributed by atoms with Crippen molar-refractivity contribution in [1.82, 2.24) is 10.2 Å². The van der Waals surface area contributed by atoms with Crippen molar-refractivity contribution < 1.29 is 9.52 Å². The lowest BCUT2D eigenvalue weighted by Crippen LogP contribution is -2.36. The Morgan fingerprint density at radius 3 is 2.73 bits per heavy atom. The number of aliphatic hydroxyl groups is 1. The molecule has 22 heavy (non-hydrogen) atoms. The van der Waals surface area contributed by atoms with Crippen LogP contribution in [0.25, 0.3) is 11.5 Å². The van der Waals surface area contributed by atoms with E-state index in [1.807, 2.05) is 31.2 Å². The van der Waals surface area contributed by atoms with E-state index in [1.54, 1.807) is 0 Å². The Morgan fingerprint density at radius 1 is 1.27 bits per heavy atom. The predicted octanol–water partition coefficient (Wildman–Crippen LogP) is 4.08. The van der Waals surface area contributed by atoms with Crippen LogP contribution in [0.5, 0.6) is 0 Å². The minimum absolute atomic E-state index is 0.533. The number of benzene rings is 1. The van der Waals surface area contributed by atoms with Crippen LogP contribution in [0.2, 0.25) is 0 Å². The second kappa shape index (κ2) is 6.42. The van der Waals surface area contributed by atoms with Crippen LogP contribution in [0.15, 0.2) is 33.9 Å². The average Bonchev–Trinajstić information content (AvgIpc) is 2.98. The number of hydrogen-bond acceptors (Lipinski definition) is 5. The number of hydrogen-bond donors (Lipinski definition) is 1. The van der Waals surface area contributed by atoms with E-state index in [1.165, 1.54) is 11.8 Å². The minimum atomic E-state index is -0.589. The van der Waals surface area contributed by atoms with Gasteiger partial charge in [0.2, 0.25) is 5.89 Å². The predicted molar refractivity (Wildman–Crippen MR) is 87.8 cm³/mol. The quantitative estimate of drug-likeness (QED) is 0.861. The fourth-order valence-electron chi connectivity index (χ4n) is 2.83. The molecule has 2 aromatic rings. The molecule has 1 saturated carbocycles. The highest BCUT2D eigenvalue weighted by molar-refractivity contribution is 7.99. The summed E-state index contributed by atoms with van der Waals surface area (Å²) >= 11 is 1.46. The highest BCUT2D eigenvalue weighted by Crippen LogP contribution is 2.36. The molecule has 0 aliphatic heterocycles. The Kier molecular flexibility index (Phi) is 4.54. The molecule has 118 valence electrons. The summed E-state index contributed by atoms with van der Waals surface area (Å²) in [6, 6.07) is 7.96. The van der Waals surface area contributed by atoms with Crippen molar-refractivity contribution in [1.29, 1.82) is 0 Å². The molecular weight excluding hydrogens is 296 g/mol. The monoisotopic (exact) mass is 318 g/mol. The SMILES string of the molecule is Cc1ccccc1-c1nnc(SCC2(O)CCC(C)CC2)o1. The van der Waals surface area contributed by atoms with Gasteiger partial charge in [0.15, 0.2) is 0 Å². The van der Waals surface area contributed by atoms with Crippen molar-refractivity contribution in [3.05, 3.63) is 29.8 Å². The summed E-state index contributed by atoms with van der Waals surface area (Å²) in [5, 5.41) is 19.4. The van der Waals surface area contributed by atoms with Gasteiger partial charge in [-0.2, -0.15) is 0 Å². The highest BCUT2D eigenvalue weighted by Gasteiger charge is 2.32. The van der Waals surface area contributed by atoms with E-state index in [-0.39, 0.29) is 0 Å². The van der Waals surface area contributed by atoms with Gasteiger partial charge in [-0.1, -0.05) is 36.9 Å². The van der Waals surface area contributed by atoms with Gasteiger partial charge in [-0.3, -0.25) is 0 Å². The summed E-state index contributed by atoms with van der Waals surface area (Å²) in [4.78, 5) is 0. The molecule has 3 rings (SSSR count). The molecule has 5 heteroatoms. The molecule has 1 aliphatic rings. The van der Waals surface area contributed by atoms with E-state index >= 15 is 0 Å². The molecule has 1 fully saturated rings. The molecule has 0 bridgehead atoms. The van der Waals surface area contributed by atoms with Crippen LogP contribution in [0.3, 0.4) is 0 Å². The maximum Gasteiger partial charge on any atom is 0.276 e. The number of aryl methyl sites for hydroxylation is 1. The van der Waals surface area contributed by atoms with E-state index in [0.29, 0.717) is 16.9 Å². The van der Waals surface area contributed by atoms with Crippen molar-refractivity contribution in [3.8, 4) is 11.5 Å². The third-order valence-electron chi connectivity index (χ3n) is 4.45. The first-order valence-electron chi connectivity index (χ1n) is 7.80. The second-order valence-corrected chi connectivity index (χ2v) is 7.31. The van der Waals surface area contributed by atoms with Gasteiger partial charge in [-0.15, -0.1) is 10.2 Å². The van der Waals surface area contributed by atoms with E-state index in [2.05, 4.69) is 17.1 Å². The van der Waals surface area contributed by atoms with Gasteiger partial charge in [0.25, 0.3) is 5.22 Å².